The van der Waals surface area contributed by atoms with Crippen LogP contribution in [0.2, 0.25) is 0 Å². The van der Waals surface area contributed by atoms with Crippen LogP contribution in [0.5, 0.6) is 0 Å². The second kappa shape index (κ2) is 7.25. The third-order valence-corrected chi connectivity index (χ3v) is 4.68. The van der Waals surface area contributed by atoms with Gasteiger partial charge in [-0.1, -0.05) is 19.8 Å². The molecule has 1 amide bonds. The van der Waals surface area contributed by atoms with Crippen LogP contribution in [0.4, 0.5) is 0 Å². The van der Waals surface area contributed by atoms with E-state index in [1.54, 1.807) is 0 Å². The molecule has 110 valence electrons. The van der Waals surface area contributed by atoms with Crippen LogP contribution in [0.25, 0.3) is 0 Å². The number of carbonyl (C=O) groups excluding carboxylic acids is 1. The molecule has 2 saturated heterocycles. The minimum absolute atomic E-state index is 0.0753. The number of amides is 1. The molecular formula is C15H29N3O. The highest BCUT2D eigenvalue weighted by molar-refractivity contribution is 5.81. The number of piperazine rings is 1. The standard InChI is InChI=1S/C15H29N3O/c1-3-16-10-12-18(13-11-16)15(19)14(2)17-8-6-4-5-7-9-17/h14H,3-13H2,1-2H3. The summed E-state index contributed by atoms with van der Waals surface area (Å²) in [5, 5.41) is 0. The Morgan fingerprint density at radius 3 is 2.05 bits per heavy atom. The van der Waals surface area contributed by atoms with Gasteiger partial charge in [0.15, 0.2) is 0 Å². The summed E-state index contributed by atoms with van der Waals surface area (Å²) in [6.07, 6.45) is 5.15. The molecule has 0 aromatic rings. The van der Waals surface area contributed by atoms with E-state index in [0.717, 1.165) is 45.8 Å². The Bertz CT molecular complexity index is 279. The second-order valence-corrected chi connectivity index (χ2v) is 5.89. The summed E-state index contributed by atoms with van der Waals surface area (Å²) in [5.74, 6) is 0.345. The van der Waals surface area contributed by atoms with Crippen molar-refractivity contribution < 1.29 is 4.79 Å². The molecule has 2 aliphatic heterocycles. The minimum atomic E-state index is 0.0753. The van der Waals surface area contributed by atoms with E-state index in [1.165, 1.54) is 25.7 Å². The fourth-order valence-electron chi connectivity index (χ4n) is 3.19. The summed E-state index contributed by atoms with van der Waals surface area (Å²) in [4.78, 5) is 19.4. The van der Waals surface area contributed by atoms with Crippen molar-refractivity contribution in [1.29, 1.82) is 0 Å². The normalized spacial score (nSPS) is 25.1. The number of hydrogen-bond donors (Lipinski definition) is 0. The Morgan fingerprint density at radius 2 is 1.53 bits per heavy atom. The maximum absolute atomic E-state index is 12.6. The first-order valence-electron chi connectivity index (χ1n) is 7.97. The lowest BCUT2D eigenvalue weighted by atomic mass is 10.2. The monoisotopic (exact) mass is 267 g/mol. The first kappa shape index (κ1) is 14.8. The zero-order valence-corrected chi connectivity index (χ0v) is 12.6. The van der Waals surface area contributed by atoms with Gasteiger partial charge in [-0.25, -0.2) is 0 Å². The van der Waals surface area contributed by atoms with Gasteiger partial charge in [-0.2, -0.15) is 0 Å². The van der Waals surface area contributed by atoms with Gasteiger partial charge in [0, 0.05) is 26.2 Å². The Kier molecular flexibility index (Phi) is 5.64. The predicted octanol–water partition coefficient (Wildman–Crippen LogP) is 1.41. The van der Waals surface area contributed by atoms with Gasteiger partial charge in [-0.05, 0) is 39.4 Å². The van der Waals surface area contributed by atoms with Crippen molar-refractivity contribution in [2.75, 3.05) is 45.8 Å². The van der Waals surface area contributed by atoms with Gasteiger partial charge < -0.3 is 9.80 Å². The Hall–Kier alpha value is -0.610. The van der Waals surface area contributed by atoms with Crippen LogP contribution in [-0.2, 0) is 4.79 Å². The third kappa shape index (κ3) is 3.93. The van der Waals surface area contributed by atoms with Crippen LogP contribution in [0, 0.1) is 0 Å². The van der Waals surface area contributed by atoms with Gasteiger partial charge in [0.1, 0.15) is 0 Å². The van der Waals surface area contributed by atoms with Crippen LogP contribution >= 0.6 is 0 Å². The molecular weight excluding hydrogens is 238 g/mol. The van der Waals surface area contributed by atoms with Gasteiger partial charge in [0.2, 0.25) is 5.91 Å². The number of nitrogens with zero attached hydrogens (tertiary/aromatic N) is 3. The quantitative estimate of drug-likeness (QED) is 0.774. The van der Waals surface area contributed by atoms with E-state index in [1.807, 2.05) is 0 Å². The molecule has 1 atom stereocenters. The van der Waals surface area contributed by atoms with Gasteiger partial charge in [0.05, 0.1) is 6.04 Å². The molecule has 2 heterocycles. The van der Waals surface area contributed by atoms with E-state index in [-0.39, 0.29) is 6.04 Å². The molecule has 0 radical (unpaired) electrons. The van der Waals surface area contributed by atoms with Crippen LogP contribution < -0.4 is 0 Å². The average molecular weight is 267 g/mol. The van der Waals surface area contributed by atoms with Crippen molar-refractivity contribution in [3.8, 4) is 0 Å². The largest absolute Gasteiger partial charge is 0.339 e. The molecule has 0 spiro atoms. The van der Waals surface area contributed by atoms with Crippen molar-refractivity contribution in [2.45, 2.75) is 45.6 Å². The predicted molar refractivity (Wildman–Crippen MR) is 78.2 cm³/mol. The maximum atomic E-state index is 12.6. The zero-order valence-electron chi connectivity index (χ0n) is 12.6. The fraction of sp³-hybridized carbons (Fsp3) is 0.933. The number of rotatable bonds is 3. The molecule has 2 fully saturated rings. The van der Waals surface area contributed by atoms with Crippen molar-refractivity contribution in [3.63, 3.8) is 0 Å². The SMILES string of the molecule is CCN1CCN(C(=O)C(C)N2CCCCCC2)CC1. The number of likely N-dealkylation sites (tertiary alicyclic amines) is 1. The van der Waals surface area contributed by atoms with Gasteiger partial charge in [-0.15, -0.1) is 0 Å². The summed E-state index contributed by atoms with van der Waals surface area (Å²) < 4.78 is 0. The molecule has 0 aromatic heterocycles. The first-order valence-corrected chi connectivity index (χ1v) is 7.97. The highest BCUT2D eigenvalue weighted by Crippen LogP contribution is 2.14. The summed E-state index contributed by atoms with van der Waals surface area (Å²) in [5.41, 5.74) is 0. The van der Waals surface area contributed by atoms with E-state index in [4.69, 9.17) is 0 Å². The molecule has 0 aromatic carbocycles. The average Bonchev–Trinajstić information content (AvgIpc) is 2.75. The van der Waals surface area contributed by atoms with Crippen molar-refractivity contribution >= 4 is 5.91 Å². The lowest BCUT2D eigenvalue weighted by Crippen LogP contribution is -2.54. The topological polar surface area (TPSA) is 26.8 Å². The van der Waals surface area contributed by atoms with Crippen molar-refractivity contribution in [3.05, 3.63) is 0 Å². The summed E-state index contributed by atoms with van der Waals surface area (Å²) >= 11 is 0. The first-order chi connectivity index (χ1) is 9.22. The molecule has 2 rings (SSSR count). The highest BCUT2D eigenvalue weighted by atomic mass is 16.2. The lowest BCUT2D eigenvalue weighted by molar-refractivity contribution is -0.138. The summed E-state index contributed by atoms with van der Waals surface area (Å²) in [6, 6.07) is 0.0753. The second-order valence-electron chi connectivity index (χ2n) is 5.89. The number of likely N-dealkylation sites (N-methyl/N-ethyl adjacent to an activating group) is 1. The van der Waals surface area contributed by atoms with Crippen LogP contribution in [0.1, 0.15) is 39.5 Å². The fourth-order valence-corrected chi connectivity index (χ4v) is 3.19. The van der Waals surface area contributed by atoms with Crippen LogP contribution in [0.15, 0.2) is 0 Å². The molecule has 19 heavy (non-hydrogen) atoms. The van der Waals surface area contributed by atoms with Gasteiger partial charge >= 0.3 is 0 Å². The maximum Gasteiger partial charge on any atom is 0.239 e. The van der Waals surface area contributed by atoms with Crippen LogP contribution in [-0.4, -0.2) is 72.5 Å². The molecule has 0 saturated carbocycles. The van der Waals surface area contributed by atoms with Crippen molar-refractivity contribution in [2.24, 2.45) is 0 Å². The van der Waals surface area contributed by atoms with Gasteiger partial charge in [0.25, 0.3) is 0 Å². The lowest BCUT2D eigenvalue weighted by Gasteiger charge is -2.37. The number of hydrogen-bond acceptors (Lipinski definition) is 3. The van der Waals surface area contributed by atoms with E-state index < -0.39 is 0 Å². The zero-order chi connectivity index (χ0) is 13.7. The van der Waals surface area contributed by atoms with E-state index >= 15 is 0 Å². The van der Waals surface area contributed by atoms with Crippen LogP contribution in [0.3, 0.4) is 0 Å². The molecule has 0 aliphatic carbocycles. The molecule has 4 heteroatoms. The summed E-state index contributed by atoms with van der Waals surface area (Å²) in [6.45, 7) is 11.5. The smallest absolute Gasteiger partial charge is 0.239 e. The van der Waals surface area contributed by atoms with E-state index in [2.05, 4.69) is 28.5 Å². The van der Waals surface area contributed by atoms with Crippen molar-refractivity contribution in [1.82, 2.24) is 14.7 Å². The molecule has 0 N–H and O–H groups in total. The van der Waals surface area contributed by atoms with Gasteiger partial charge in [-0.3, -0.25) is 9.69 Å². The Labute approximate surface area is 117 Å². The Morgan fingerprint density at radius 1 is 0.947 bits per heavy atom. The van der Waals surface area contributed by atoms with E-state index in [0.29, 0.717) is 5.91 Å². The molecule has 0 bridgehead atoms. The molecule has 2 aliphatic rings. The van der Waals surface area contributed by atoms with E-state index in [9.17, 15) is 4.79 Å². The highest BCUT2D eigenvalue weighted by Gasteiger charge is 2.28. The minimum Gasteiger partial charge on any atom is -0.339 e. The number of carbonyl (C=O) groups is 1. The molecule has 1 unspecified atom stereocenters. The molecule has 4 nitrogen and oxygen atoms in total. The summed E-state index contributed by atoms with van der Waals surface area (Å²) in [7, 11) is 0. The third-order valence-electron chi connectivity index (χ3n) is 4.68. The Balaban J connectivity index is 1.84.